The lowest BCUT2D eigenvalue weighted by atomic mass is 10.1. The molecule has 0 aromatic carbocycles. The van der Waals surface area contributed by atoms with Gasteiger partial charge in [0.25, 0.3) is 5.79 Å². The molecule has 1 atom stereocenters. The monoisotopic (exact) mass is 145 g/mol. The van der Waals surface area contributed by atoms with E-state index in [0.29, 0.717) is 0 Å². The van der Waals surface area contributed by atoms with Crippen molar-refractivity contribution in [3.8, 4) is 0 Å². The molecule has 0 spiro atoms. The molecule has 0 aromatic rings. The molecule has 1 aliphatic rings. The highest BCUT2D eigenvalue weighted by atomic mass is 16.5. The highest BCUT2D eigenvalue weighted by Gasteiger charge is 2.41. The van der Waals surface area contributed by atoms with Crippen molar-refractivity contribution in [1.82, 2.24) is 5.32 Å². The first kappa shape index (κ1) is 7.20. The Morgan fingerprint density at radius 2 is 2.20 bits per heavy atom. The molecule has 0 radical (unpaired) electrons. The highest BCUT2D eigenvalue weighted by molar-refractivity contribution is 5.96. The molecule has 1 rings (SSSR count). The second-order valence-electron chi connectivity index (χ2n) is 1.99. The summed E-state index contributed by atoms with van der Waals surface area (Å²) in [4.78, 5) is 10.5. The van der Waals surface area contributed by atoms with E-state index in [1.54, 1.807) is 0 Å². The number of carbonyl (C=O) groups excluding carboxylic acids is 1. The maximum atomic E-state index is 10.5. The minimum Gasteiger partial charge on any atom is -0.368 e. The van der Waals surface area contributed by atoms with Crippen LogP contribution in [-0.4, -0.2) is 33.1 Å². The molecule has 1 heterocycles. The van der Waals surface area contributed by atoms with Crippen molar-refractivity contribution in [2.45, 2.75) is 12.0 Å². The SMILES string of the molecule is O=C1C=CNC(O)C1(O)O. The van der Waals surface area contributed by atoms with Gasteiger partial charge in [0, 0.05) is 12.3 Å². The molecule has 0 aliphatic carbocycles. The summed E-state index contributed by atoms with van der Waals surface area (Å²) >= 11 is 0. The molecule has 0 fully saturated rings. The van der Waals surface area contributed by atoms with Gasteiger partial charge in [0.2, 0.25) is 5.78 Å². The van der Waals surface area contributed by atoms with Gasteiger partial charge in [-0.1, -0.05) is 0 Å². The van der Waals surface area contributed by atoms with Gasteiger partial charge in [-0.2, -0.15) is 0 Å². The van der Waals surface area contributed by atoms with Crippen LogP contribution < -0.4 is 5.32 Å². The third-order valence-corrected chi connectivity index (χ3v) is 1.23. The van der Waals surface area contributed by atoms with Crippen molar-refractivity contribution in [2.75, 3.05) is 0 Å². The zero-order valence-corrected chi connectivity index (χ0v) is 4.98. The van der Waals surface area contributed by atoms with Crippen molar-refractivity contribution in [3.05, 3.63) is 12.3 Å². The average molecular weight is 145 g/mol. The fourth-order valence-corrected chi connectivity index (χ4v) is 0.589. The number of aliphatic hydroxyl groups excluding tert-OH is 1. The van der Waals surface area contributed by atoms with Gasteiger partial charge in [-0.05, 0) is 0 Å². The zero-order valence-electron chi connectivity index (χ0n) is 4.98. The van der Waals surface area contributed by atoms with Crippen LogP contribution >= 0.6 is 0 Å². The molecule has 1 aliphatic heterocycles. The molecular formula is C5H7NO4. The summed E-state index contributed by atoms with van der Waals surface area (Å²) in [5.41, 5.74) is 0. The molecule has 5 heteroatoms. The number of nitrogens with one attached hydrogen (secondary N) is 1. The molecule has 0 saturated heterocycles. The number of rotatable bonds is 0. The third-order valence-electron chi connectivity index (χ3n) is 1.23. The lowest BCUT2D eigenvalue weighted by Gasteiger charge is -2.27. The Labute approximate surface area is 56.6 Å². The van der Waals surface area contributed by atoms with Crippen LogP contribution in [0.4, 0.5) is 0 Å². The van der Waals surface area contributed by atoms with Gasteiger partial charge in [-0.3, -0.25) is 4.79 Å². The van der Waals surface area contributed by atoms with Crippen LogP contribution in [0.15, 0.2) is 12.3 Å². The molecular weight excluding hydrogens is 138 g/mol. The van der Waals surface area contributed by atoms with Crippen molar-refractivity contribution in [1.29, 1.82) is 0 Å². The number of aliphatic hydroxyl groups is 3. The first-order chi connectivity index (χ1) is 4.55. The lowest BCUT2D eigenvalue weighted by molar-refractivity contribution is -0.221. The van der Waals surface area contributed by atoms with E-state index in [-0.39, 0.29) is 0 Å². The number of hydrogen-bond acceptors (Lipinski definition) is 5. The standard InChI is InChI=1S/C5H7NO4/c7-3-1-2-6-4(8)5(3,9)10/h1-2,4,6,8-10H. The van der Waals surface area contributed by atoms with E-state index < -0.39 is 17.8 Å². The van der Waals surface area contributed by atoms with Crippen molar-refractivity contribution >= 4 is 5.78 Å². The smallest absolute Gasteiger partial charge is 0.274 e. The van der Waals surface area contributed by atoms with Gasteiger partial charge in [-0.15, -0.1) is 0 Å². The fourth-order valence-electron chi connectivity index (χ4n) is 0.589. The van der Waals surface area contributed by atoms with E-state index in [4.69, 9.17) is 15.3 Å². The molecule has 5 nitrogen and oxygen atoms in total. The fraction of sp³-hybridized carbons (Fsp3) is 0.400. The first-order valence-corrected chi connectivity index (χ1v) is 2.65. The molecule has 1 unspecified atom stereocenters. The Morgan fingerprint density at radius 3 is 2.60 bits per heavy atom. The van der Waals surface area contributed by atoms with E-state index in [9.17, 15) is 4.79 Å². The van der Waals surface area contributed by atoms with Crippen LogP contribution in [-0.2, 0) is 4.79 Å². The Morgan fingerprint density at radius 1 is 1.60 bits per heavy atom. The Kier molecular flexibility index (Phi) is 1.47. The summed E-state index contributed by atoms with van der Waals surface area (Å²) in [6, 6.07) is 0. The molecule has 0 amide bonds. The van der Waals surface area contributed by atoms with Crippen molar-refractivity contribution in [2.24, 2.45) is 0 Å². The summed E-state index contributed by atoms with van der Waals surface area (Å²) in [5.74, 6) is -3.62. The molecule has 0 aromatic heterocycles. The van der Waals surface area contributed by atoms with Crippen LogP contribution in [0.2, 0.25) is 0 Å². The van der Waals surface area contributed by atoms with Gasteiger partial charge in [0.15, 0.2) is 6.23 Å². The Bertz CT molecular complexity index is 186. The van der Waals surface area contributed by atoms with Crippen LogP contribution in [0.3, 0.4) is 0 Å². The minimum absolute atomic E-state index is 0.932. The average Bonchev–Trinajstić information content (AvgIpc) is 1.84. The van der Waals surface area contributed by atoms with Crippen molar-refractivity contribution in [3.63, 3.8) is 0 Å². The van der Waals surface area contributed by atoms with Gasteiger partial charge in [-0.25, -0.2) is 0 Å². The largest absolute Gasteiger partial charge is 0.368 e. The molecule has 0 bridgehead atoms. The topological polar surface area (TPSA) is 89.8 Å². The Balaban J connectivity index is 2.89. The highest BCUT2D eigenvalue weighted by Crippen LogP contribution is 2.10. The maximum absolute atomic E-state index is 10.5. The summed E-state index contributed by atoms with van der Waals surface area (Å²) in [5, 5.41) is 28.4. The van der Waals surface area contributed by atoms with Crippen LogP contribution in [0.1, 0.15) is 0 Å². The Hall–Kier alpha value is -0.910. The molecule has 10 heavy (non-hydrogen) atoms. The number of hydrogen-bond donors (Lipinski definition) is 4. The van der Waals surface area contributed by atoms with Gasteiger partial charge < -0.3 is 20.6 Å². The predicted octanol–water partition coefficient (Wildman–Crippen LogP) is -2.33. The van der Waals surface area contributed by atoms with E-state index in [1.165, 1.54) is 0 Å². The van der Waals surface area contributed by atoms with Crippen molar-refractivity contribution < 1.29 is 20.1 Å². The first-order valence-electron chi connectivity index (χ1n) is 2.65. The van der Waals surface area contributed by atoms with Crippen LogP contribution in [0.5, 0.6) is 0 Å². The summed E-state index contributed by atoms with van der Waals surface area (Å²) in [6.45, 7) is 0. The van der Waals surface area contributed by atoms with Crippen LogP contribution in [0.25, 0.3) is 0 Å². The summed E-state index contributed by atoms with van der Waals surface area (Å²) < 4.78 is 0. The third kappa shape index (κ3) is 0.900. The van der Waals surface area contributed by atoms with Gasteiger partial charge >= 0.3 is 0 Å². The summed E-state index contributed by atoms with van der Waals surface area (Å²) in [7, 11) is 0. The molecule has 0 saturated carbocycles. The number of carbonyl (C=O) groups is 1. The molecule has 4 N–H and O–H groups in total. The minimum atomic E-state index is -2.69. The lowest BCUT2D eigenvalue weighted by Crippen LogP contribution is -2.56. The number of ketones is 1. The molecule has 56 valence electrons. The zero-order chi connectivity index (χ0) is 7.78. The van der Waals surface area contributed by atoms with E-state index in [2.05, 4.69) is 5.32 Å². The van der Waals surface area contributed by atoms with E-state index in [1.807, 2.05) is 0 Å². The van der Waals surface area contributed by atoms with Crippen LogP contribution in [0, 0.1) is 0 Å². The second-order valence-corrected chi connectivity index (χ2v) is 1.99. The van der Waals surface area contributed by atoms with Gasteiger partial charge in [0.1, 0.15) is 0 Å². The predicted molar refractivity (Wildman–Crippen MR) is 30.5 cm³/mol. The van der Waals surface area contributed by atoms with E-state index in [0.717, 1.165) is 12.3 Å². The quantitative estimate of drug-likeness (QED) is 0.287. The van der Waals surface area contributed by atoms with Gasteiger partial charge in [0.05, 0.1) is 0 Å². The normalized spacial score (nSPS) is 29.9. The van der Waals surface area contributed by atoms with E-state index >= 15 is 0 Å². The maximum Gasteiger partial charge on any atom is 0.274 e. The summed E-state index contributed by atoms with van der Waals surface area (Å²) in [6.07, 6.45) is 0.440. The second kappa shape index (κ2) is 2.05.